The van der Waals surface area contributed by atoms with Crippen LogP contribution in [-0.2, 0) is 11.3 Å². The SMILES string of the molecule is Cc1ccc(=O)n(CC(=O)Nc2ccc(C(=O)Nc3ccccc3)cc2)c1. The number of carbonyl (C=O) groups excluding carboxylic acids is 2. The fourth-order valence-corrected chi connectivity index (χ4v) is 2.56. The molecular weight excluding hydrogens is 342 g/mol. The normalized spacial score (nSPS) is 10.3. The van der Waals surface area contributed by atoms with Crippen LogP contribution in [0, 0.1) is 6.92 Å². The molecular formula is C21H19N3O3. The molecule has 0 aliphatic heterocycles. The van der Waals surface area contributed by atoms with Crippen molar-refractivity contribution in [1.29, 1.82) is 0 Å². The maximum atomic E-state index is 12.2. The molecule has 2 aromatic carbocycles. The minimum Gasteiger partial charge on any atom is -0.325 e. The molecule has 0 fully saturated rings. The van der Waals surface area contributed by atoms with E-state index in [-0.39, 0.29) is 23.9 Å². The highest BCUT2D eigenvalue weighted by atomic mass is 16.2. The number of carbonyl (C=O) groups is 2. The molecule has 2 amide bonds. The van der Waals surface area contributed by atoms with Crippen LogP contribution in [0.5, 0.6) is 0 Å². The molecule has 2 N–H and O–H groups in total. The molecule has 1 heterocycles. The zero-order chi connectivity index (χ0) is 19.2. The van der Waals surface area contributed by atoms with E-state index in [4.69, 9.17) is 0 Å². The van der Waals surface area contributed by atoms with Gasteiger partial charge in [-0.2, -0.15) is 0 Å². The van der Waals surface area contributed by atoms with Gasteiger partial charge in [0, 0.05) is 29.2 Å². The zero-order valence-corrected chi connectivity index (χ0v) is 14.8. The first-order chi connectivity index (χ1) is 13.0. The Bertz CT molecular complexity index is 1010. The number of pyridine rings is 1. The Morgan fingerprint density at radius 1 is 0.852 bits per heavy atom. The van der Waals surface area contributed by atoms with Gasteiger partial charge in [0.15, 0.2) is 0 Å². The number of para-hydroxylation sites is 1. The van der Waals surface area contributed by atoms with Gasteiger partial charge in [-0.3, -0.25) is 14.4 Å². The lowest BCUT2D eigenvalue weighted by molar-refractivity contribution is -0.116. The van der Waals surface area contributed by atoms with Crippen molar-refractivity contribution >= 4 is 23.2 Å². The van der Waals surface area contributed by atoms with E-state index >= 15 is 0 Å². The summed E-state index contributed by atoms with van der Waals surface area (Å²) in [6.07, 6.45) is 1.64. The predicted molar refractivity (Wildman–Crippen MR) is 105 cm³/mol. The lowest BCUT2D eigenvalue weighted by Crippen LogP contribution is -2.26. The fraction of sp³-hybridized carbons (Fsp3) is 0.0952. The first-order valence-corrected chi connectivity index (χ1v) is 8.45. The van der Waals surface area contributed by atoms with E-state index in [0.717, 1.165) is 5.56 Å². The average molecular weight is 361 g/mol. The molecule has 0 radical (unpaired) electrons. The summed E-state index contributed by atoms with van der Waals surface area (Å²) < 4.78 is 1.35. The van der Waals surface area contributed by atoms with Gasteiger partial charge in [-0.1, -0.05) is 24.3 Å². The van der Waals surface area contributed by atoms with E-state index in [2.05, 4.69) is 10.6 Å². The zero-order valence-electron chi connectivity index (χ0n) is 14.8. The van der Waals surface area contributed by atoms with Gasteiger partial charge in [0.2, 0.25) is 5.91 Å². The van der Waals surface area contributed by atoms with Crippen LogP contribution in [0.2, 0.25) is 0 Å². The molecule has 3 aromatic rings. The molecule has 0 bridgehead atoms. The van der Waals surface area contributed by atoms with Crippen LogP contribution >= 0.6 is 0 Å². The third kappa shape index (κ3) is 4.92. The number of hydrogen-bond donors (Lipinski definition) is 2. The number of amides is 2. The maximum Gasteiger partial charge on any atom is 0.255 e. The molecule has 0 saturated carbocycles. The van der Waals surface area contributed by atoms with Crippen molar-refractivity contribution in [2.75, 3.05) is 10.6 Å². The van der Waals surface area contributed by atoms with E-state index in [1.165, 1.54) is 10.6 Å². The van der Waals surface area contributed by atoms with Gasteiger partial charge >= 0.3 is 0 Å². The van der Waals surface area contributed by atoms with Gasteiger partial charge in [0.25, 0.3) is 11.5 Å². The number of anilines is 2. The second-order valence-electron chi connectivity index (χ2n) is 6.12. The molecule has 136 valence electrons. The quantitative estimate of drug-likeness (QED) is 0.733. The van der Waals surface area contributed by atoms with Gasteiger partial charge in [-0.15, -0.1) is 0 Å². The monoisotopic (exact) mass is 361 g/mol. The van der Waals surface area contributed by atoms with Crippen molar-refractivity contribution in [3.05, 3.63) is 94.4 Å². The van der Waals surface area contributed by atoms with E-state index in [9.17, 15) is 14.4 Å². The number of aromatic nitrogens is 1. The lowest BCUT2D eigenvalue weighted by atomic mass is 10.2. The molecule has 0 spiro atoms. The Kier molecular flexibility index (Phi) is 5.47. The van der Waals surface area contributed by atoms with Crippen molar-refractivity contribution in [2.24, 2.45) is 0 Å². The number of aryl methyl sites for hydroxylation is 1. The van der Waals surface area contributed by atoms with E-state index in [0.29, 0.717) is 16.9 Å². The summed E-state index contributed by atoms with van der Waals surface area (Å²) in [5, 5.41) is 5.52. The van der Waals surface area contributed by atoms with Crippen LogP contribution in [0.25, 0.3) is 0 Å². The molecule has 6 nitrogen and oxygen atoms in total. The summed E-state index contributed by atoms with van der Waals surface area (Å²) in [7, 11) is 0. The second-order valence-corrected chi connectivity index (χ2v) is 6.12. The average Bonchev–Trinajstić information content (AvgIpc) is 2.66. The van der Waals surface area contributed by atoms with Gasteiger partial charge in [0.05, 0.1) is 0 Å². The molecule has 1 aromatic heterocycles. The van der Waals surface area contributed by atoms with Gasteiger partial charge < -0.3 is 15.2 Å². The third-order valence-electron chi connectivity index (χ3n) is 3.91. The van der Waals surface area contributed by atoms with Crippen molar-refractivity contribution in [2.45, 2.75) is 13.5 Å². The Morgan fingerprint density at radius 3 is 2.22 bits per heavy atom. The first-order valence-electron chi connectivity index (χ1n) is 8.45. The van der Waals surface area contributed by atoms with Gasteiger partial charge in [0.1, 0.15) is 6.54 Å². The molecule has 6 heteroatoms. The van der Waals surface area contributed by atoms with Crippen LogP contribution in [0.4, 0.5) is 11.4 Å². The van der Waals surface area contributed by atoms with Crippen LogP contribution in [0.1, 0.15) is 15.9 Å². The standard InChI is InChI=1S/C21H19N3O3/c1-15-7-12-20(26)24(13-15)14-19(25)22-18-10-8-16(9-11-18)21(27)23-17-5-3-2-4-6-17/h2-13H,14H2,1H3,(H,22,25)(H,23,27). The summed E-state index contributed by atoms with van der Waals surface area (Å²) in [6.45, 7) is 1.78. The van der Waals surface area contributed by atoms with Gasteiger partial charge in [-0.05, 0) is 48.9 Å². The van der Waals surface area contributed by atoms with Crippen molar-refractivity contribution in [3.8, 4) is 0 Å². The van der Waals surface area contributed by atoms with Crippen LogP contribution in [0.15, 0.2) is 77.7 Å². The molecule has 0 unspecified atom stereocenters. The topological polar surface area (TPSA) is 80.2 Å². The van der Waals surface area contributed by atoms with Crippen molar-refractivity contribution < 1.29 is 9.59 Å². The number of nitrogens with one attached hydrogen (secondary N) is 2. The van der Waals surface area contributed by atoms with Crippen molar-refractivity contribution in [1.82, 2.24) is 4.57 Å². The molecule has 3 rings (SSSR count). The number of hydrogen-bond acceptors (Lipinski definition) is 3. The summed E-state index contributed by atoms with van der Waals surface area (Å²) in [4.78, 5) is 36.1. The smallest absolute Gasteiger partial charge is 0.255 e. The highest BCUT2D eigenvalue weighted by Crippen LogP contribution is 2.12. The van der Waals surface area contributed by atoms with Crippen LogP contribution in [0.3, 0.4) is 0 Å². The minimum atomic E-state index is -0.316. The second kappa shape index (κ2) is 8.14. The fourth-order valence-electron chi connectivity index (χ4n) is 2.56. The van der Waals surface area contributed by atoms with Crippen LogP contribution in [-0.4, -0.2) is 16.4 Å². The summed E-state index contributed by atoms with van der Waals surface area (Å²) in [5.74, 6) is -0.547. The molecule has 0 aliphatic carbocycles. The largest absolute Gasteiger partial charge is 0.325 e. The Hall–Kier alpha value is -3.67. The minimum absolute atomic E-state index is 0.0727. The predicted octanol–water partition coefficient (Wildman–Crippen LogP) is 3.05. The highest BCUT2D eigenvalue weighted by Gasteiger charge is 2.08. The molecule has 0 atom stereocenters. The highest BCUT2D eigenvalue weighted by molar-refractivity contribution is 6.04. The first kappa shape index (κ1) is 18.1. The third-order valence-corrected chi connectivity index (χ3v) is 3.91. The Balaban J connectivity index is 1.61. The number of benzene rings is 2. The number of nitrogens with zero attached hydrogens (tertiary/aromatic N) is 1. The summed E-state index contributed by atoms with van der Waals surface area (Å²) in [6, 6.07) is 18.9. The van der Waals surface area contributed by atoms with E-state index in [1.807, 2.05) is 25.1 Å². The Morgan fingerprint density at radius 2 is 1.52 bits per heavy atom. The summed E-state index contributed by atoms with van der Waals surface area (Å²) >= 11 is 0. The van der Waals surface area contributed by atoms with E-state index < -0.39 is 0 Å². The Labute approximate surface area is 156 Å². The van der Waals surface area contributed by atoms with Gasteiger partial charge in [-0.25, -0.2) is 0 Å². The van der Waals surface area contributed by atoms with Crippen LogP contribution < -0.4 is 16.2 Å². The lowest BCUT2D eigenvalue weighted by Gasteiger charge is -2.09. The van der Waals surface area contributed by atoms with Crippen molar-refractivity contribution in [3.63, 3.8) is 0 Å². The number of rotatable bonds is 5. The molecule has 27 heavy (non-hydrogen) atoms. The molecule has 0 aliphatic rings. The maximum absolute atomic E-state index is 12.2. The van der Waals surface area contributed by atoms with E-state index in [1.54, 1.807) is 48.7 Å². The molecule has 0 saturated heterocycles. The summed E-state index contributed by atoms with van der Waals surface area (Å²) in [5.41, 5.74) is 2.41.